The van der Waals surface area contributed by atoms with Gasteiger partial charge in [-0.1, -0.05) is 60.7 Å². The Kier molecular flexibility index (Phi) is 13.4. The number of benzene rings is 4. The number of aliphatic imine (C=N–C) groups is 2. The number of phenols is 2. The van der Waals surface area contributed by atoms with Gasteiger partial charge in [-0.2, -0.15) is 0 Å². The van der Waals surface area contributed by atoms with Gasteiger partial charge in [0.1, 0.15) is 22.9 Å². The van der Waals surface area contributed by atoms with E-state index in [9.17, 15) is 19.8 Å². The summed E-state index contributed by atoms with van der Waals surface area (Å²) >= 11 is 0. The summed E-state index contributed by atoms with van der Waals surface area (Å²) in [4.78, 5) is 32.5. The third-order valence-corrected chi connectivity index (χ3v) is 6.50. The molecule has 0 fully saturated rings. The smallest absolute Gasteiger partial charge is 1.00 e. The molecule has 6 rings (SSSR count). The van der Waals surface area contributed by atoms with Crippen molar-refractivity contribution < 1.29 is 61.1 Å². The average Bonchev–Trinajstić information content (AvgIpc) is 3.46. The van der Waals surface area contributed by atoms with Crippen LogP contribution in [0.4, 0.5) is 11.4 Å². The molecule has 4 aromatic rings. The molecule has 0 radical (unpaired) electrons. The van der Waals surface area contributed by atoms with E-state index in [1.165, 1.54) is 0 Å². The molecular formula is C32H28Cl2N4NiO4. The number of carbonyl (C=O) groups is 2. The van der Waals surface area contributed by atoms with Crippen molar-refractivity contribution in [3.05, 3.63) is 119 Å². The maximum atomic E-state index is 11.8. The molecule has 0 bridgehead atoms. The number of hydrogen-bond donors (Lipinski definition) is 4. The number of para-hydroxylation sites is 2. The largest absolute Gasteiger partial charge is 2.00 e. The molecule has 0 aromatic heterocycles. The zero-order valence-corrected chi connectivity index (χ0v) is 25.2. The fourth-order valence-electron chi connectivity index (χ4n) is 4.44. The molecule has 0 unspecified atom stereocenters. The van der Waals surface area contributed by atoms with E-state index in [1.807, 2.05) is 72.8 Å². The summed E-state index contributed by atoms with van der Waals surface area (Å²) in [5.41, 5.74) is 6.53. The van der Waals surface area contributed by atoms with Crippen molar-refractivity contribution in [3.8, 4) is 11.5 Å². The van der Waals surface area contributed by atoms with Gasteiger partial charge in [-0.15, -0.1) is 0 Å². The maximum absolute atomic E-state index is 11.8. The first kappa shape index (κ1) is 35.0. The van der Waals surface area contributed by atoms with Gasteiger partial charge >= 0.3 is 16.5 Å². The molecule has 2 heterocycles. The van der Waals surface area contributed by atoms with E-state index in [4.69, 9.17) is 0 Å². The van der Waals surface area contributed by atoms with Crippen LogP contribution >= 0.6 is 0 Å². The molecule has 2 aliphatic rings. The number of hydrogen-bond acceptors (Lipinski definition) is 6. The number of phenolic OH excluding ortho intramolecular Hbond substituents is 2. The Hall–Kier alpha value is -4.17. The predicted molar refractivity (Wildman–Crippen MR) is 157 cm³/mol. The summed E-state index contributed by atoms with van der Waals surface area (Å²) < 4.78 is 0. The number of fused-ring (bicyclic) bond motifs is 2. The number of halogens is 2. The molecule has 4 aromatic carbocycles. The van der Waals surface area contributed by atoms with Crippen molar-refractivity contribution in [2.45, 2.75) is 12.8 Å². The number of nitrogens with zero attached hydrogens (tertiary/aromatic N) is 2. The first-order chi connectivity index (χ1) is 19.5. The molecule has 2 amide bonds. The van der Waals surface area contributed by atoms with Crippen molar-refractivity contribution in [2.24, 2.45) is 9.98 Å². The zero-order valence-electron chi connectivity index (χ0n) is 22.7. The summed E-state index contributed by atoms with van der Waals surface area (Å²) in [7, 11) is 0. The molecule has 224 valence electrons. The number of nitrogens with one attached hydrogen (secondary N) is 2. The van der Waals surface area contributed by atoms with Crippen LogP contribution in [0.1, 0.15) is 22.3 Å². The van der Waals surface area contributed by atoms with Crippen molar-refractivity contribution in [1.82, 2.24) is 0 Å². The van der Waals surface area contributed by atoms with Gasteiger partial charge in [0.15, 0.2) is 0 Å². The van der Waals surface area contributed by atoms with Crippen molar-refractivity contribution >= 4 is 34.6 Å². The molecule has 0 spiro atoms. The van der Waals surface area contributed by atoms with Gasteiger partial charge in [0.2, 0.25) is 0 Å². The standard InChI is InChI=1S/2C16H14N2O2.2ClH.Ni/c2*19-12-7-5-11(6-8-12)9-10-17-15-13-3-1-2-4-14(13)18-16(15)20;;;/h2*1-8,19H,9-10H2,(H,17,18,20);2*1H;/q;;;;+2/p-2. The van der Waals surface area contributed by atoms with Gasteiger partial charge in [-0.3, -0.25) is 19.6 Å². The topological polar surface area (TPSA) is 123 Å². The van der Waals surface area contributed by atoms with Crippen molar-refractivity contribution in [2.75, 3.05) is 23.7 Å². The minimum atomic E-state index is -0.142. The fourth-order valence-corrected chi connectivity index (χ4v) is 4.44. The van der Waals surface area contributed by atoms with Crippen LogP contribution in [0.5, 0.6) is 11.5 Å². The minimum Gasteiger partial charge on any atom is -1.00 e. The van der Waals surface area contributed by atoms with Gasteiger partial charge in [-0.25, -0.2) is 0 Å². The van der Waals surface area contributed by atoms with Crippen LogP contribution in [0.3, 0.4) is 0 Å². The summed E-state index contributed by atoms with van der Waals surface area (Å²) in [6.45, 7) is 1.09. The third-order valence-electron chi connectivity index (χ3n) is 6.50. The Bertz CT molecular complexity index is 1490. The van der Waals surface area contributed by atoms with E-state index in [2.05, 4.69) is 20.6 Å². The van der Waals surface area contributed by atoms with E-state index in [0.717, 1.165) is 46.5 Å². The van der Waals surface area contributed by atoms with E-state index in [0.29, 0.717) is 24.5 Å². The first-order valence-electron chi connectivity index (χ1n) is 12.9. The Labute approximate surface area is 272 Å². The van der Waals surface area contributed by atoms with Crippen LogP contribution in [0.15, 0.2) is 107 Å². The molecule has 8 nitrogen and oxygen atoms in total. The van der Waals surface area contributed by atoms with Gasteiger partial charge in [0.25, 0.3) is 11.8 Å². The number of amides is 2. The summed E-state index contributed by atoms with van der Waals surface area (Å²) in [5.74, 6) is 0.224. The number of rotatable bonds is 6. The average molecular weight is 662 g/mol. The van der Waals surface area contributed by atoms with E-state index in [-0.39, 0.29) is 64.6 Å². The maximum Gasteiger partial charge on any atom is 2.00 e. The second-order valence-corrected chi connectivity index (χ2v) is 9.29. The quantitative estimate of drug-likeness (QED) is 0.193. The van der Waals surface area contributed by atoms with Gasteiger partial charge in [0.05, 0.1) is 11.4 Å². The molecule has 0 saturated heterocycles. The van der Waals surface area contributed by atoms with E-state index >= 15 is 0 Å². The Morgan fingerprint density at radius 3 is 1.26 bits per heavy atom. The number of carbonyl (C=O) groups excluding carboxylic acids is 2. The van der Waals surface area contributed by atoms with Crippen LogP contribution in [0.2, 0.25) is 0 Å². The van der Waals surface area contributed by atoms with Gasteiger partial charge in [0, 0.05) is 24.2 Å². The summed E-state index contributed by atoms with van der Waals surface area (Å²) in [6, 6.07) is 29.2. The second-order valence-electron chi connectivity index (χ2n) is 9.29. The Balaban J connectivity index is 0.000000281. The van der Waals surface area contributed by atoms with E-state index < -0.39 is 0 Å². The summed E-state index contributed by atoms with van der Waals surface area (Å²) in [5, 5.41) is 24.0. The molecule has 0 saturated carbocycles. The van der Waals surface area contributed by atoms with Crippen LogP contribution in [0.25, 0.3) is 0 Å². The molecule has 2 aliphatic heterocycles. The van der Waals surface area contributed by atoms with Crippen molar-refractivity contribution in [1.29, 1.82) is 0 Å². The fraction of sp³-hybridized carbons (Fsp3) is 0.125. The molecule has 4 N–H and O–H groups in total. The van der Waals surface area contributed by atoms with Gasteiger partial charge in [-0.05, 0) is 60.4 Å². The minimum absolute atomic E-state index is 0. The number of anilines is 2. The predicted octanol–water partition coefficient (Wildman–Crippen LogP) is -1.24. The third kappa shape index (κ3) is 8.91. The normalized spacial score (nSPS) is 14.1. The van der Waals surface area contributed by atoms with E-state index in [1.54, 1.807) is 24.3 Å². The summed E-state index contributed by atoms with van der Waals surface area (Å²) in [6.07, 6.45) is 1.47. The van der Waals surface area contributed by atoms with Gasteiger partial charge < -0.3 is 45.7 Å². The molecular weight excluding hydrogens is 634 g/mol. The molecule has 11 heteroatoms. The molecule has 0 atom stereocenters. The first-order valence-corrected chi connectivity index (χ1v) is 12.9. The van der Waals surface area contributed by atoms with Crippen LogP contribution in [0, 0.1) is 0 Å². The van der Waals surface area contributed by atoms with Crippen LogP contribution < -0.4 is 35.4 Å². The monoisotopic (exact) mass is 660 g/mol. The number of aromatic hydroxyl groups is 2. The zero-order chi connectivity index (χ0) is 27.9. The Morgan fingerprint density at radius 2 is 0.884 bits per heavy atom. The molecule has 0 aliphatic carbocycles. The molecule has 43 heavy (non-hydrogen) atoms. The van der Waals surface area contributed by atoms with Crippen LogP contribution in [-0.2, 0) is 38.9 Å². The van der Waals surface area contributed by atoms with Crippen LogP contribution in [-0.4, -0.2) is 46.5 Å². The van der Waals surface area contributed by atoms with Crippen molar-refractivity contribution in [3.63, 3.8) is 0 Å². The SMILES string of the molecule is O=C1Nc2ccccc2C1=NCCc1ccc(O)cc1.O=C1Nc2ccccc2C1=NCCc1ccc(O)cc1.[Cl-].[Cl-].[Ni+2]. The second kappa shape index (κ2) is 16.5. The Morgan fingerprint density at radius 1 is 0.535 bits per heavy atom.